The van der Waals surface area contributed by atoms with Gasteiger partial charge in [-0.1, -0.05) is 12.8 Å². The van der Waals surface area contributed by atoms with Gasteiger partial charge in [0.2, 0.25) is 0 Å². The molecule has 2 aliphatic rings. The molecular formula is C18H34N2O3. The summed E-state index contributed by atoms with van der Waals surface area (Å²) in [5.41, 5.74) is -0.451. The molecule has 5 nitrogen and oxygen atoms in total. The van der Waals surface area contributed by atoms with Gasteiger partial charge < -0.3 is 20.1 Å². The minimum atomic E-state index is -0.451. The Morgan fingerprint density at radius 1 is 1.04 bits per heavy atom. The molecule has 0 unspecified atom stereocenters. The first-order chi connectivity index (χ1) is 10.7. The van der Waals surface area contributed by atoms with Crippen LogP contribution in [-0.4, -0.2) is 42.0 Å². The summed E-state index contributed by atoms with van der Waals surface area (Å²) < 4.78 is 11.2. The Bertz CT molecular complexity index is 384. The highest BCUT2D eigenvalue weighted by atomic mass is 16.6. The number of ether oxygens (including phenoxy) is 2. The number of hydrogen-bond donors (Lipinski definition) is 2. The molecule has 1 saturated carbocycles. The van der Waals surface area contributed by atoms with Crippen LogP contribution in [0.1, 0.15) is 73.1 Å². The molecule has 134 valence electrons. The minimum absolute atomic E-state index is 0.159. The highest BCUT2D eigenvalue weighted by molar-refractivity contribution is 5.68. The number of amides is 1. The highest BCUT2D eigenvalue weighted by Crippen LogP contribution is 2.24. The second kappa shape index (κ2) is 7.84. The van der Waals surface area contributed by atoms with Crippen molar-refractivity contribution in [3.63, 3.8) is 0 Å². The quantitative estimate of drug-likeness (QED) is 0.835. The second-order valence-electron chi connectivity index (χ2n) is 8.24. The summed E-state index contributed by atoms with van der Waals surface area (Å²) in [5, 5.41) is 6.87. The Morgan fingerprint density at radius 2 is 1.61 bits per heavy atom. The molecule has 0 radical (unpaired) electrons. The normalized spacial score (nSPS) is 35.6. The summed E-state index contributed by atoms with van der Waals surface area (Å²) in [6.45, 7) is 9.97. The van der Waals surface area contributed by atoms with Crippen LogP contribution in [0.4, 0.5) is 4.79 Å². The summed E-state index contributed by atoms with van der Waals surface area (Å²) in [6, 6.07) is 0.964. The fourth-order valence-electron chi connectivity index (χ4n) is 3.81. The van der Waals surface area contributed by atoms with E-state index in [0.29, 0.717) is 24.3 Å². The Hall–Kier alpha value is -0.810. The van der Waals surface area contributed by atoms with Gasteiger partial charge in [-0.3, -0.25) is 0 Å². The van der Waals surface area contributed by atoms with Crippen molar-refractivity contribution in [1.82, 2.24) is 10.6 Å². The average molecular weight is 326 g/mol. The van der Waals surface area contributed by atoms with Crippen LogP contribution < -0.4 is 10.6 Å². The molecule has 0 aromatic carbocycles. The fourth-order valence-corrected chi connectivity index (χ4v) is 3.81. The van der Waals surface area contributed by atoms with Gasteiger partial charge in [0.15, 0.2) is 0 Å². The van der Waals surface area contributed by atoms with E-state index in [1.165, 1.54) is 12.8 Å². The van der Waals surface area contributed by atoms with Crippen LogP contribution in [-0.2, 0) is 9.47 Å². The topological polar surface area (TPSA) is 59.6 Å². The fraction of sp³-hybridized carbons (Fsp3) is 0.944. The molecule has 0 aromatic rings. The largest absolute Gasteiger partial charge is 0.444 e. The summed E-state index contributed by atoms with van der Waals surface area (Å²) >= 11 is 0. The molecule has 0 spiro atoms. The van der Waals surface area contributed by atoms with E-state index in [1.54, 1.807) is 0 Å². The molecule has 4 atom stereocenters. The minimum Gasteiger partial charge on any atom is -0.444 e. The molecule has 23 heavy (non-hydrogen) atoms. The molecule has 1 saturated heterocycles. The van der Waals surface area contributed by atoms with Gasteiger partial charge in [0.1, 0.15) is 5.60 Å². The predicted octanol–water partition coefficient (Wildman–Crippen LogP) is 3.37. The van der Waals surface area contributed by atoms with Crippen molar-refractivity contribution in [2.75, 3.05) is 0 Å². The van der Waals surface area contributed by atoms with Gasteiger partial charge in [-0.15, -0.1) is 0 Å². The second-order valence-corrected chi connectivity index (χ2v) is 8.24. The molecule has 1 heterocycles. The summed E-state index contributed by atoms with van der Waals surface area (Å²) in [6.07, 6.45) is 6.91. The Balaban J connectivity index is 1.89. The van der Waals surface area contributed by atoms with Crippen LogP contribution in [0.5, 0.6) is 0 Å². The molecule has 0 aromatic heterocycles. The van der Waals surface area contributed by atoms with Crippen LogP contribution in [0.3, 0.4) is 0 Å². The smallest absolute Gasteiger partial charge is 0.407 e. The predicted molar refractivity (Wildman–Crippen MR) is 91.6 cm³/mol. The van der Waals surface area contributed by atoms with Gasteiger partial charge in [0.05, 0.1) is 12.2 Å². The molecule has 5 heteroatoms. The van der Waals surface area contributed by atoms with Crippen LogP contribution in [0, 0.1) is 0 Å². The Labute approximate surface area is 140 Å². The van der Waals surface area contributed by atoms with Gasteiger partial charge in [-0.05, 0) is 60.3 Å². The van der Waals surface area contributed by atoms with E-state index in [2.05, 4.69) is 24.5 Å². The highest BCUT2D eigenvalue weighted by Gasteiger charge is 2.32. The van der Waals surface area contributed by atoms with E-state index in [0.717, 1.165) is 25.7 Å². The van der Waals surface area contributed by atoms with Gasteiger partial charge in [-0.25, -0.2) is 4.79 Å². The van der Waals surface area contributed by atoms with Crippen molar-refractivity contribution in [2.24, 2.45) is 0 Å². The first-order valence-electron chi connectivity index (χ1n) is 9.14. The van der Waals surface area contributed by atoms with E-state index < -0.39 is 5.60 Å². The molecule has 0 bridgehead atoms. The number of carbonyl (C=O) groups excluding carboxylic acids is 1. The van der Waals surface area contributed by atoms with E-state index in [-0.39, 0.29) is 12.1 Å². The van der Waals surface area contributed by atoms with Crippen molar-refractivity contribution in [2.45, 2.75) is 109 Å². The molecule has 1 aliphatic carbocycles. The van der Waals surface area contributed by atoms with Crippen molar-refractivity contribution < 1.29 is 14.3 Å². The lowest BCUT2D eigenvalue weighted by Crippen LogP contribution is -2.56. The van der Waals surface area contributed by atoms with E-state index in [9.17, 15) is 4.79 Å². The van der Waals surface area contributed by atoms with Crippen LogP contribution in [0.25, 0.3) is 0 Å². The molecule has 1 amide bonds. The van der Waals surface area contributed by atoms with Crippen LogP contribution in [0.2, 0.25) is 0 Å². The maximum atomic E-state index is 12.1. The lowest BCUT2D eigenvalue weighted by Gasteiger charge is -2.39. The molecule has 1 aliphatic heterocycles. The molecule has 2 N–H and O–H groups in total. The number of rotatable bonds is 3. The van der Waals surface area contributed by atoms with Crippen molar-refractivity contribution in [3.05, 3.63) is 0 Å². The number of carbonyl (C=O) groups is 1. The summed E-state index contributed by atoms with van der Waals surface area (Å²) in [4.78, 5) is 12.1. The standard InChI is InChI=1S/C18H34N2O3/c1-12-10-14(11-13(2)22-12)19-15-8-6-7-9-16(15)20-17(21)23-18(3,4)5/h12-16,19H,6-11H2,1-5H3,(H,20,21)/t12-,13-,15+,16+/m0/s1. The molecule has 2 fully saturated rings. The lowest BCUT2D eigenvalue weighted by atomic mass is 9.88. The van der Waals surface area contributed by atoms with Crippen LogP contribution in [0.15, 0.2) is 0 Å². The monoisotopic (exact) mass is 326 g/mol. The SMILES string of the molecule is C[C@H]1CC(N[C@@H]2CCCC[C@H]2NC(=O)OC(C)(C)C)C[C@H](C)O1. The van der Waals surface area contributed by atoms with Gasteiger partial charge in [-0.2, -0.15) is 0 Å². The van der Waals surface area contributed by atoms with Crippen LogP contribution >= 0.6 is 0 Å². The third-order valence-corrected chi connectivity index (χ3v) is 4.62. The molecule has 2 rings (SSSR count). The number of hydrogen-bond acceptors (Lipinski definition) is 4. The van der Waals surface area contributed by atoms with Crippen molar-refractivity contribution in [1.29, 1.82) is 0 Å². The molecular weight excluding hydrogens is 292 g/mol. The van der Waals surface area contributed by atoms with Crippen molar-refractivity contribution >= 4 is 6.09 Å². The zero-order valence-corrected chi connectivity index (χ0v) is 15.4. The first kappa shape index (κ1) is 18.5. The maximum Gasteiger partial charge on any atom is 0.407 e. The Morgan fingerprint density at radius 3 is 2.17 bits per heavy atom. The average Bonchev–Trinajstić information content (AvgIpc) is 2.37. The van der Waals surface area contributed by atoms with Gasteiger partial charge >= 0.3 is 6.09 Å². The van der Waals surface area contributed by atoms with Gasteiger partial charge in [0.25, 0.3) is 0 Å². The summed E-state index contributed by atoms with van der Waals surface area (Å²) in [5.74, 6) is 0. The number of nitrogens with one attached hydrogen (secondary N) is 2. The third kappa shape index (κ3) is 6.30. The van der Waals surface area contributed by atoms with E-state index >= 15 is 0 Å². The maximum absolute atomic E-state index is 12.1. The zero-order valence-electron chi connectivity index (χ0n) is 15.4. The first-order valence-corrected chi connectivity index (χ1v) is 9.14. The Kier molecular flexibility index (Phi) is 6.32. The summed E-state index contributed by atoms with van der Waals surface area (Å²) in [7, 11) is 0. The zero-order chi connectivity index (χ0) is 17.0. The van der Waals surface area contributed by atoms with E-state index in [1.807, 2.05) is 20.8 Å². The van der Waals surface area contributed by atoms with Gasteiger partial charge in [0, 0.05) is 18.1 Å². The lowest BCUT2D eigenvalue weighted by molar-refractivity contribution is -0.0448. The van der Waals surface area contributed by atoms with Crippen molar-refractivity contribution in [3.8, 4) is 0 Å². The third-order valence-electron chi connectivity index (χ3n) is 4.62. The number of alkyl carbamates (subject to hydrolysis) is 1. The van der Waals surface area contributed by atoms with E-state index in [4.69, 9.17) is 9.47 Å².